The Kier molecular flexibility index (Phi) is 2.69. The van der Waals surface area contributed by atoms with E-state index in [1.165, 1.54) is 0 Å². The molecule has 4 heteroatoms. The van der Waals surface area contributed by atoms with Crippen LogP contribution in [0.1, 0.15) is 12.0 Å². The highest BCUT2D eigenvalue weighted by molar-refractivity contribution is 5.21. The van der Waals surface area contributed by atoms with Gasteiger partial charge in [0, 0.05) is 6.07 Å². The average molecular weight is 215 g/mol. The number of rotatable bonds is 3. The minimum Gasteiger partial charge on any atom is -0.330 e. The standard InChI is InChI=1S/C11H12F3N/c12-9-4-11(14)10(13)3-7(9)1-6-2-8(6)5-15/h3-4,6,8H,1-2,5,15H2. The van der Waals surface area contributed by atoms with Crippen LogP contribution in [0.25, 0.3) is 0 Å². The molecule has 0 heterocycles. The number of halogens is 3. The molecule has 0 aromatic heterocycles. The van der Waals surface area contributed by atoms with E-state index in [-0.39, 0.29) is 5.56 Å². The van der Waals surface area contributed by atoms with Gasteiger partial charge in [-0.25, -0.2) is 13.2 Å². The van der Waals surface area contributed by atoms with Crippen molar-refractivity contribution in [2.24, 2.45) is 17.6 Å². The summed E-state index contributed by atoms with van der Waals surface area (Å²) in [6, 6.07) is 1.54. The highest BCUT2D eigenvalue weighted by Crippen LogP contribution is 2.40. The molecular formula is C11H12F3N. The fraction of sp³-hybridized carbons (Fsp3) is 0.455. The molecule has 2 atom stereocenters. The summed E-state index contributed by atoms with van der Waals surface area (Å²) in [6.45, 7) is 0.579. The van der Waals surface area contributed by atoms with Crippen LogP contribution in [-0.2, 0) is 6.42 Å². The topological polar surface area (TPSA) is 26.0 Å². The Bertz CT molecular complexity index is 378. The molecule has 2 unspecified atom stereocenters. The van der Waals surface area contributed by atoms with Crippen LogP contribution >= 0.6 is 0 Å². The van der Waals surface area contributed by atoms with Crippen molar-refractivity contribution >= 4 is 0 Å². The first-order valence-electron chi connectivity index (χ1n) is 4.95. The van der Waals surface area contributed by atoms with Crippen molar-refractivity contribution in [2.75, 3.05) is 6.54 Å². The van der Waals surface area contributed by atoms with Crippen molar-refractivity contribution in [3.63, 3.8) is 0 Å². The summed E-state index contributed by atoms with van der Waals surface area (Å²) < 4.78 is 38.7. The molecule has 1 saturated carbocycles. The van der Waals surface area contributed by atoms with Crippen LogP contribution in [0.3, 0.4) is 0 Å². The van der Waals surface area contributed by atoms with Gasteiger partial charge in [-0.1, -0.05) is 0 Å². The van der Waals surface area contributed by atoms with Gasteiger partial charge in [0.25, 0.3) is 0 Å². The highest BCUT2D eigenvalue weighted by Gasteiger charge is 2.36. The molecule has 1 aromatic carbocycles. The lowest BCUT2D eigenvalue weighted by molar-refractivity contribution is 0.487. The molecule has 0 spiro atoms. The van der Waals surface area contributed by atoms with Crippen LogP contribution in [0.5, 0.6) is 0 Å². The molecular weight excluding hydrogens is 203 g/mol. The Balaban J connectivity index is 2.12. The number of benzene rings is 1. The van der Waals surface area contributed by atoms with Gasteiger partial charge in [-0.3, -0.25) is 0 Å². The molecule has 0 radical (unpaired) electrons. The van der Waals surface area contributed by atoms with E-state index in [1.807, 2.05) is 0 Å². The van der Waals surface area contributed by atoms with Crippen molar-refractivity contribution in [1.82, 2.24) is 0 Å². The average Bonchev–Trinajstić information content (AvgIpc) is 2.93. The largest absolute Gasteiger partial charge is 0.330 e. The summed E-state index contributed by atoms with van der Waals surface area (Å²) in [7, 11) is 0. The van der Waals surface area contributed by atoms with Gasteiger partial charge in [0.15, 0.2) is 11.6 Å². The Morgan fingerprint density at radius 2 is 1.73 bits per heavy atom. The Labute approximate surface area is 86.1 Å². The van der Waals surface area contributed by atoms with Crippen LogP contribution in [-0.4, -0.2) is 6.54 Å². The van der Waals surface area contributed by atoms with Crippen LogP contribution in [0.2, 0.25) is 0 Å². The van der Waals surface area contributed by atoms with Crippen molar-refractivity contribution < 1.29 is 13.2 Å². The molecule has 0 bridgehead atoms. The smallest absolute Gasteiger partial charge is 0.161 e. The van der Waals surface area contributed by atoms with Crippen molar-refractivity contribution in [3.05, 3.63) is 35.1 Å². The fourth-order valence-corrected chi connectivity index (χ4v) is 1.85. The highest BCUT2D eigenvalue weighted by atomic mass is 19.2. The van der Waals surface area contributed by atoms with E-state index in [0.717, 1.165) is 12.5 Å². The molecule has 0 saturated heterocycles. The van der Waals surface area contributed by atoms with Crippen LogP contribution in [0, 0.1) is 29.3 Å². The Hall–Kier alpha value is -1.03. The van der Waals surface area contributed by atoms with Crippen molar-refractivity contribution in [1.29, 1.82) is 0 Å². The van der Waals surface area contributed by atoms with Crippen LogP contribution in [0.4, 0.5) is 13.2 Å². The van der Waals surface area contributed by atoms with E-state index < -0.39 is 17.5 Å². The molecule has 0 aliphatic heterocycles. The van der Waals surface area contributed by atoms with Gasteiger partial charge in [-0.15, -0.1) is 0 Å². The summed E-state index contributed by atoms with van der Waals surface area (Å²) in [5.74, 6) is -2.05. The fourth-order valence-electron chi connectivity index (χ4n) is 1.85. The molecule has 1 aliphatic rings. The lowest BCUT2D eigenvalue weighted by atomic mass is 10.1. The molecule has 82 valence electrons. The van der Waals surface area contributed by atoms with E-state index in [2.05, 4.69) is 0 Å². The third-order valence-electron chi connectivity index (χ3n) is 2.94. The SMILES string of the molecule is NCC1CC1Cc1cc(F)c(F)cc1F. The maximum Gasteiger partial charge on any atom is 0.161 e. The first-order valence-corrected chi connectivity index (χ1v) is 4.95. The molecule has 0 amide bonds. The lowest BCUT2D eigenvalue weighted by Gasteiger charge is -2.03. The van der Waals surface area contributed by atoms with Gasteiger partial charge < -0.3 is 5.73 Å². The van der Waals surface area contributed by atoms with E-state index in [1.54, 1.807) is 0 Å². The van der Waals surface area contributed by atoms with Crippen molar-refractivity contribution in [2.45, 2.75) is 12.8 Å². The van der Waals surface area contributed by atoms with Crippen molar-refractivity contribution in [3.8, 4) is 0 Å². The summed E-state index contributed by atoms with van der Waals surface area (Å²) in [5.41, 5.74) is 5.69. The number of nitrogens with two attached hydrogens (primary N) is 1. The second-order valence-corrected chi connectivity index (χ2v) is 4.05. The minimum absolute atomic E-state index is 0.245. The first kappa shape index (κ1) is 10.5. The van der Waals surface area contributed by atoms with E-state index in [4.69, 9.17) is 5.73 Å². The normalized spacial score (nSPS) is 24.3. The zero-order chi connectivity index (χ0) is 11.0. The van der Waals surface area contributed by atoms with Gasteiger partial charge >= 0.3 is 0 Å². The van der Waals surface area contributed by atoms with Gasteiger partial charge in [-0.05, 0) is 42.9 Å². The molecule has 1 aliphatic carbocycles. The van der Waals surface area contributed by atoms with E-state index >= 15 is 0 Å². The maximum absolute atomic E-state index is 13.2. The van der Waals surface area contributed by atoms with Gasteiger partial charge in [0.2, 0.25) is 0 Å². The zero-order valence-corrected chi connectivity index (χ0v) is 8.14. The molecule has 2 N–H and O–H groups in total. The number of hydrogen-bond donors (Lipinski definition) is 1. The molecule has 1 nitrogen and oxygen atoms in total. The summed E-state index contributed by atoms with van der Waals surface area (Å²) in [5, 5.41) is 0. The monoisotopic (exact) mass is 215 g/mol. The molecule has 2 rings (SSSR count). The van der Waals surface area contributed by atoms with E-state index in [9.17, 15) is 13.2 Å². The minimum atomic E-state index is -1.14. The van der Waals surface area contributed by atoms with Gasteiger partial charge in [0.05, 0.1) is 0 Å². The van der Waals surface area contributed by atoms with Gasteiger partial charge in [0.1, 0.15) is 5.82 Å². The number of hydrogen-bond acceptors (Lipinski definition) is 1. The predicted octanol–water partition coefficient (Wildman–Crippen LogP) is 2.24. The van der Waals surface area contributed by atoms with Crippen LogP contribution < -0.4 is 5.73 Å². The Morgan fingerprint density at radius 3 is 2.33 bits per heavy atom. The molecule has 15 heavy (non-hydrogen) atoms. The molecule has 1 aromatic rings. The zero-order valence-electron chi connectivity index (χ0n) is 8.14. The summed E-state index contributed by atoms with van der Waals surface area (Å²) >= 11 is 0. The first-order chi connectivity index (χ1) is 7.11. The molecule has 1 fully saturated rings. The third kappa shape index (κ3) is 2.15. The maximum atomic E-state index is 13.2. The summed E-state index contributed by atoms with van der Waals surface area (Å²) in [6.07, 6.45) is 1.40. The predicted molar refractivity (Wildman–Crippen MR) is 50.7 cm³/mol. The third-order valence-corrected chi connectivity index (χ3v) is 2.94. The summed E-state index contributed by atoms with van der Waals surface area (Å²) in [4.78, 5) is 0. The lowest BCUT2D eigenvalue weighted by Crippen LogP contribution is -2.04. The van der Waals surface area contributed by atoms with E-state index in [0.29, 0.717) is 30.9 Å². The van der Waals surface area contributed by atoms with Gasteiger partial charge in [-0.2, -0.15) is 0 Å². The quantitative estimate of drug-likeness (QED) is 0.769. The Morgan fingerprint density at radius 1 is 1.07 bits per heavy atom. The second-order valence-electron chi connectivity index (χ2n) is 4.05. The van der Waals surface area contributed by atoms with Crippen LogP contribution in [0.15, 0.2) is 12.1 Å². The second kappa shape index (κ2) is 3.85.